The van der Waals surface area contributed by atoms with Crippen LogP contribution in [0.15, 0.2) is 54.0 Å². The average molecular weight is 456 g/mol. The van der Waals surface area contributed by atoms with Gasteiger partial charge in [-0.15, -0.1) is 11.3 Å². The molecule has 164 valence electrons. The Balaban J connectivity index is 1.62. The molecule has 1 aliphatic rings. The number of nitrogens with zero attached hydrogens (tertiary/aromatic N) is 4. The molecule has 0 spiro atoms. The van der Waals surface area contributed by atoms with E-state index in [1.165, 1.54) is 17.5 Å². The first-order valence-electron chi connectivity index (χ1n) is 10.2. The van der Waals surface area contributed by atoms with Crippen molar-refractivity contribution in [2.75, 3.05) is 6.54 Å². The van der Waals surface area contributed by atoms with Crippen molar-refractivity contribution in [3.63, 3.8) is 0 Å². The molecule has 0 saturated carbocycles. The van der Waals surface area contributed by atoms with E-state index in [4.69, 9.17) is 0 Å². The van der Waals surface area contributed by atoms with Crippen LogP contribution in [0.4, 0.5) is 13.2 Å². The average Bonchev–Trinajstić information content (AvgIpc) is 3.52. The molecular formula is C23H19F3N4OS. The van der Waals surface area contributed by atoms with Crippen LogP contribution in [0.3, 0.4) is 0 Å². The zero-order valence-corrected chi connectivity index (χ0v) is 18.0. The molecule has 1 atom stereocenters. The van der Waals surface area contributed by atoms with Crippen molar-refractivity contribution in [2.24, 2.45) is 0 Å². The van der Waals surface area contributed by atoms with Gasteiger partial charge in [0.15, 0.2) is 11.3 Å². The predicted molar refractivity (Wildman–Crippen MR) is 115 cm³/mol. The summed E-state index contributed by atoms with van der Waals surface area (Å²) in [4.78, 5) is 20.3. The van der Waals surface area contributed by atoms with E-state index >= 15 is 0 Å². The van der Waals surface area contributed by atoms with Crippen LogP contribution in [0.1, 0.15) is 46.1 Å². The highest BCUT2D eigenvalue weighted by Crippen LogP contribution is 2.37. The van der Waals surface area contributed by atoms with Gasteiger partial charge in [-0.1, -0.05) is 30.3 Å². The highest BCUT2D eigenvalue weighted by Gasteiger charge is 2.38. The van der Waals surface area contributed by atoms with Crippen molar-refractivity contribution >= 4 is 22.9 Å². The fourth-order valence-corrected chi connectivity index (χ4v) is 5.00. The Hall–Kier alpha value is -3.20. The molecular weight excluding hydrogens is 437 g/mol. The third-order valence-corrected chi connectivity index (χ3v) is 6.72. The van der Waals surface area contributed by atoms with Gasteiger partial charge in [0.1, 0.15) is 5.56 Å². The van der Waals surface area contributed by atoms with E-state index in [1.54, 1.807) is 22.4 Å². The van der Waals surface area contributed by atoms with Gasteiger partial charge in [-0.3, -0.25) is 4.79 Å². The van der Waals surface area contributed by atoms with E-state index in [-0.39, 0.29) is 28.9 Å². The topological polar surface area (TPSA) is 50.5 Å². The zero-order valence-electron chi connectivity index (χ0n) is 17.1. The molecule has 1 fully saturated rings. The minimum atomic E-state index is -4.64. The van der Waals surface area contributed by atoms with Crippen molar-refractivity contribution in [1.82, 2.24) is 19.5 Å². The molecule has 4 aromatic rings. The van der Waals surface area contributed by atoms with Gasteiger partial charge < -0.3 is 4.90 Å². The second-order valence-corrected chi connectivity index (χ2v) is 8.76. The summed E-state index contributed by atoms with van der Waals surface area (Å²) in [6.45, 7) is 2.53. The molecule has 5 nitrogen and oxygen atoms in total. The van der Waals surface area contributed by atoms with E-state index in [0.29, 0.717) is 11.4 Å². The summed E-state index contributed by atoms with van der Waals surface area (Å²) in [6.07, 6.45) is -1.81. The van der Waals surface area contributed by atoms with Crippen LogP contribution < -0.4 is 0 Å². The number of carbonyl (C=O) groups excluding carboxylic acids is 1. The number of carbonyl (C=O) groups is 1. The number of aryl methyl sites for hydroxylation is 1. The maximum atomic E-state index is 13.8. The molecule has 1 aliphatic heterocycles. The lowest BCUT2D eigenvalue weighted by Gasteiger charge is -2.26. The van der Waals surface area contributed by atoms with Crippen LogP contribution in [0.2, 0.25) is 0 Å². The number of likely N-dealkylation sites (tertiary alicyclic amines) is 1. The molecule has 1 amide bonds. The molecule has 32 heavy (non-hydrogen) atoms. The quantitative estimate of drug-likeness (QED) is 0.394. The summed E-state index contributed by atoms with van der Waals surface area (Å²) in [5.74, 6) is -0.352. The molecule has 0 N–H and O–H groups in total. The van der Waals surface area contributed by atoms with Crippen LogP contribution in [0, 0.1) is 6.92 Å². The standard InChI is InChI=1S/C23H19F3N4OS/c1-14-6-2-3-7-15(14)18-8-4-10-29(18)22(31)16-13-27-30-20(23(24,25)26)12-17(28-21(16)30)19-9-5-11-32-19/h2-3,5-7,9,11-13,18H,4,8,10H2,1H3/t18-/m0/s1. The number of alkyl halides is 3. The molecule has 0 radical (unpaired) electrons. The van der Waals surface area contributed by atoms with Crippen molar-refractivity contribution in [2.45, 2.75) is 32.0 Å². The molecule has 0 unspecified atom stereocenters. The van der Waals surface area contributed by atoms with Gasteiger partial charge in [-0.05, 0) is 48.4 Å². The van der Waals surface area contributed by atoms with Crippen LogP contribution in [-0.2, 0) is 6.18 Å². The smallest absolute Gasteiger partial charge is 0.331 e. The minimum Gasteiger partial charge on any atom is -0.331 e. The number of hydrogen-bond acceptors (Lipinski definition) is 4. The van der Waals surface area contributed by atoms with E-state index in [1.807, 2.05) is 31.2 Å². The third kappa shape index (κ3) is 3.46. The molecule has 3 aromatic heterocycles. The van der Waals surface area contributed by atoms with Crippen molar-refractivity contribution in [3.05, 3.63) is 76.4 Å². The zero-order chi connectivity index (χ0) is 22.5. The summed E-state index contributed by atoms with van der Waals surface area (Å²) in [7, 11) is 0. The third-order valence-electron chi connectivity index (χ3n) is 5.83. The number of amides is 1. The summed E-state index contributed by atoms with van der Waals surface area (Å²) in [6, 6.07) is 12.2. The van der Waals surface area contributed by atoms with Crippen LogP contribution >= 0.6 is 11.3 Å². The first-order valence-corrected chi connectivity index (χ1v) is 11.1. The molecule has 1 saturated heterocycles. The molecule has 4 heterocycles. The lowest BCUT2D eigenvalue weighted by molar-refractivity contribution is -0.142. The molecule has 5 rings (SSSR count). The van der Waals surface area contributed by atoms with Gasteiger partial charge >= 0.3 is 6.18 Å². The predicted octanol–water partition coefficient (Wildman–Crippen LogP) is 5.76. The van der Waals surface area contributed by atoms with Gasteiger partial charge in [0, 0.05) is 6.54 Å². The summed E-state index contributed by atoms with van der Waals surface area (Å²) in [5, 5.41) is 5.68. The summed E-state index contributed by atoms with van der Waals surface area (Å²) < 4.78 is 42.1. The Morgan fingerprint density at radius 1 is 1.19 bits per heavy atom. The lowest BCUT2D eigenvalue weighted by Crippen LogP contribution is -2.31. The minimum absolute atomic E-state index is 0.0781. The van der Waals surface area contributed by atoms with Crippen LogP contribution in [-0.4, -0.2) is 31.9 Å². The van der Waals surface area contributed by atoms with Gasteiger partial charge in [-0.25, -0.2) is 9.50 Å². The second-order valence-electron chi connectivity index (χ2n) is 7.81. The number of halogens is 3. The van der Waals surface area contributed by atoms with Gasteiger partial charge in [-0.2, -0.15) is 18.3 Å². The van der Waals surface area contributed by atoms with Gasteiger partial charge in [0.25, 0.3) is 5.91 Å². The van der Waals surface area contributed by atoms with Crippen LogP contribution in [0.25, 0.3) is 16.2 Å². The Morgan fingerprint density at radius 2 is 2.00 bits per heavy atom. The van der Waals surface area contributed by atoms with E-state index in [0.717, 1.165) is 34.6 Å². The monoisotopic (exact) mass is 456 g/mol. The number of hydrogen-bond donors (Lipinski definition) is 0. The Morgan fingerprint density at radius 3 is 2.72 bits per heavy atom. The number of rotatable bonds is 3. The van der Waals surface area contributed by atoms with Crippen molar-refractivity contribution in [3.8, 4) is 10.6 Å². The summed E-state index contributed by atoms with van der Waals surface area (Å²) in [5.41, 5.74) is 1.35. The fraction of sp³-hybridized carbons (Fsp3) is 0.261. The van der Waals surface area contributed by atoms with E-state index < -0.39 is 11.9 Å². The number of aromatic nitrogens is 3. The van der Waals surface area contributed by atoms with Crippen LogP contribution in [0.5, 0.6) is 0 Å². The number of thiophene rings is 1. The Labute approximate surface area is 186 Å². The number of benzene rings is 1. The maximum Gasteiger partial charge on any atom is 0.433 e. The first kappa shape index (κ1) is 20.7. The SMILES string of the molecule is Cc1ccccc1[C@@H]1CCCN1C(=O)c1cnn2c(C(F)(F)F)cc(-c3cccs3)nc12. The highest BCUT2D eigenvalue weighted by atomic mass is 32.1. The normalized spacial score (nSPS) is 16.8. The summed E-state index contributed by atoms with van der Waals surface area (Å²) >= 11 is 1.29. The first-order chi connectivity index (χ1) is 15.3. The molecule has 9 heteroatoms. The fourth-order valence-electron chi connectivity index (χ4n) is 4.31. The lowest BCUT2D eigenvalue weighted by atomic mass is 9.99. The van der Waals surface area contributed by atoms with E-state index in [9.17, 15) is 18.0 Å². The molecule has 0 aliphatic carbocycles. The van der Waals surface area contributed by atoms with Gasteiger partial charge in [0.2, 0.25) is 0 Å². The van der Waals surface area contributed by atoms with E-state index in [2.05, 4.69) is 10.1 Å². The Bertz CT molecular complexity index is 1300. The largest absolute Gasteiger partial charge is 0.433 e. The second kappa shape index (κ2) is 7.74. The number of fused-ring (bicyclic) bond motifs is 1. The molecule has 0 bridgehead atoms. The molecule has 1 aromatic carbocycles. The highest BCUT2D eigenvalue weighted by molar-refractivity contribution is 7.13. The Kier molecular flexibility index (Phi) is 5.00. The van der Waals surface area contributed by atoms with Crippen molar-refractivity contribution in [1.29, 1.82) is 0 Å². The van der Waals surface area contributed by atoms with Gasteiger partial charge in [0.05, 0.1) is 22.8 Å². The maximum absolute atomic E-state index is 13.8. The van der Waals surface area contributed by atoms with Crippen molar-refractivity contribution < 1.29 is 18.0 Å².